The van der Waals surface area contributed by atoms with Crippen LogP contribution in [0, 0.1) is 5.92 Å². The average Bonchev–Trinajstić information content (AvgIpc) is 2.85. The zero-order chi connectivity index (χ0) is 23.8. The maximum absolute atomic E-state index is 13.8. The summed E-state index contributed by atoms with van der Waals surface area (Å²) in [4.78, 5) is 21.4. The van der Waals surface area contributed by atoms with Crippen LogP contribution in [0.3, 0.4) is 0 Å². The minimum absolute atomic E-state index is 0.0954. The smallest absolute Gasteiger partial charge is 0.261 e. The molecule has 4 aromatic rings. The van der Waals surface area contributed by atoms with Crippen LogP contribution in [0.25, 0.3) is 32.8 Å². The Morgan fingerprint density at radius 1 is 0.941 bits per heavy atom. The van der Waals surface area contributed by atoms with E-state index in [2.05, 4.69) is 81.1 Å². The first-order valence-electron chi connectivity index (χ1n) is 12.7. The highest BCUT2D eigenvalue weighted by Gasteiger charge is 2.24. The normalized spacial score (nSPS) is 17.3. The van der Waals surface area contributed by atoms with Gasteiger partial charge >= 0.3 is 0 Å². The van der Waals surface area contributed by atoms with Gasteiger partial charge in [-0.15, -0.1) is 0 Å². The standard InChI is InChI=1S/C30H35N3O/c1-20(2)29-31-28-14-13-26(25-12-11-23-9-5-6-10-24(23)16-25)17-27(28)30(34)33(29)19-22-8-7-15-32(18-22)21(3)4/h5-6,9-14,16-17,20-22H,7-8,15,18-19H2,1-4H3/t22-/m0/s1. The van der Waals surface area contributed by atoms with E-state index in [1.165, 1.54) is 23.6 Å². The quantitative estimate of drug-likeness (QED) is 0.348. The van der Waals surface area contributed by atoms with Gasteiger partial charge in [-0.3, -0.25) is 9.36 Å². The second kappa shape index (κ2) is 9.34. The Bertz CT molecular complexity index is 1390. The summed E-state index contributed by atoms with van der Waals surface area (Å²) in [5, 5.41) is 3.14. The fourth-order valence-electron chi connectivity index (χ4n) is 5.38. The summed E-state index contributed by atoms with van der Waals surface area (Å²) in [5.41, 5.74) is 3.07. The Morgan fingerprint density at radius 2 is 1.68 bits per heavy atom. The van der Waals surface area contributed by atoms with E-state index in [1.807, 2.05) is 16.7 Å². The first kappa shape index (κ1) is 22.8. The highest BCUT2D eigenvalue weighted by Crippen LogP contribution is 2.27. The minimum Gasteiger partial charge on any atom is -0.301 e. The van der Waals surface area contributed by atoms with E-state index in [0.717, 1.165) is 42.1 Å². The van der Waals surface area contributed by atoms with Crippen molar-refractivity contribution in [3.8, 4) is 11.1 Å². The van der Waals surface area contributed by atoms with Crippen molar-refractivity contribution in [2.24, 2.45) is 5.92 Å². The van der Waals surface area contributed by atoms with Gasteiger partial charge in [-0.05, 0) is 79.3 Å². The number of hydrogen-bond acceptors (Lipinski definition) is 3. The number of fused-ring (bicyclic) bond motifs is 2. The van der Waals surface area contributed by atoms with E-state index in [9.17, 15) is 4.79 Å². The minimum atomic E-state index is 0.0954. The average molecular weight is 454 g/mol. The van der Waals surface area contributed by atoms with Gasteiger partial charge in [-0.1, -0.05) is 56.3 Å². The van der Waals surface area contributed by atoms with E-state index in [-0.39, 0.29) is 11.5 Å². The van der Waals surface area contributed by atoms with Crippen molar-refractivity contribution >= 4 is 21.7 Å². The molecule has 4 nitrogen and oxygen atoms in total. The fraction of sp³-hybridized carbons (Fsp3) is 0.400. The third kappa shape index (κ3) is 4.39. The molecule has 0 bridgehead atoms. The van der Waals surface area contributed by atoms with Crippen molar-refractivity contribution in [3.05, 3.63) is 76.8 Å². The zero-order valence-corrected chi connectivity index (χ0v) is 20.8. The summed E-state index contributed by atoms with van der Waals surface area (Å²) in [7, 11) is 0. The first-order chi connectivity index (χ1) is 16.4. The molecule has 0 N–H and O–H groups in total. The van der Waals surface area contributed by atoms with Crippen LogP contribution in [0.2, 0.25) is 0 Å². The molecule has 1 aromatic heterocycles. The summed E-state index contributed by atoms with van der Waals surface area (Å²) < 4.78 is 1.98. The molecule has 0 amide bonds. The summed E-state index contributed by atoms with van der Waals surface area (Å²) >= 11 is 0. The fourth-order valence-corrected chi connectivity index (χ4v) is 5.38. The molecule has 176 valence electrons. The molecule has 0 unspecified atom stereocenters. The molecule has 1 aliphatic heterocycles. The molecular weight excluding hydrogens is 418 g/mol. The van der Waals surface area contributed by atoms with Gasteiger partial charge in [0.05, 0.1) is 10.9 Å². The lowest BCUT2D eigenvalue weighted by atomic mass is 9.96. The van der Waals surface area contributed by atoms with E-state index in [4.69, 9.17) is 4.98 Å². The highest BCUT2D eigenvalue weighted by molar-refractivity contribution is 5.90. The van der Waals surface area contributed by atoms with Gasteiger partial charge in [0.1, 0.15) is 5.82 Å². The lowest BCUT2D eigenvalue weighted by molar-refractivity contribution is 0.129. The highest BCUT2D eigenvalue weighted by atomic mass is 16.1. The molecule has 1 atom stereocenters. The third-order valence-electron chi connectivity index (χ3n) is 7.30. The second-order valence-electron chi connectivity index (χ2n) is 10.4. The van der Waals surface area contributed by atoms with Gasteiger partial charge in [0.25, 0.3) is 5.56 Å². The number of nitrogens with zero attached hydrogens (tertiary/aromatic N) is 3. The molecule has 4 heteroatoms. The van der Waals surface area contributed by atoms with E-state index in [0.29, 0.717) is 17.3 Å². The predicted octanol–water partition coefficient (Wildman–Crippen LogP) is 6.46. The SMILES string of the molecule is CC(C)c1nc2ccc(-c3ccc4ccccc4c3)cc2c(=O)n1C[C@H]1CCCN(C(C)C)C1. The number of rotatable bonds is 5. The Balaban J connectivity index is 1.56. The van der Waals surface area contributed by atoms with Crippen LogP contribution in [-0.4, -0.2) is 33.6 Å². The number of benzene rings is 3. The molecule has 34 heavy (non-hydrogen) atoms. The van der Waals surface area contributed by atoms with Gasteiger partial charge in [-0.25, -0.2) is 4.98 Å². The van der Waals surface area contributed by atoms with Crippen molar-refractivity contribution in [1.29, 1.82) is 0 Å². The molecule has 3 aromatic carbocycles. The maximum Gasteiger partial charge on any atom is 0.261 e. The van der Waals surface area contributed by atoms with Gasteiger partial charge in [0, 0.05) is 25.0 Å². The van der Waals surface area contributed by atoms with Crippen LogP contribution in [0.5, 0.6) is 0 Å². The van der Waals surface area contributed by atoms with E-state index < -0.39 is 0 Å². The van der Waals surface area contributed by atoms with Crippen molar-refractivity contribution in [3.63, 3.8) is 0 Å². The molecule has 5 rings (SSSR count). The van der Waals surface area contributed by atoms with Crippen LogP contribution in [-0.2, 0) is 6.54 Å². The van der Waals surface area contributed by atoms with E-state index >= 15 is 0 Å². The first-order valence-corrected chi connectivity index (χ1v) is 12.7. The van der Waals surface area contributed by atoms with Gasteiger partial charge in [-0.2, -0.15) is 0 Å². The van der Waals surface area contributed by atoms with Crippen molar-refractivity contribution in [2.75, 3.05) is 13.1 Å². The Morgan fingerprint density at radius 3 is 2.44 bits per heavy atom. The molecule has 1 saturated heterocycles. The number of hydrogen-bond donors (Lipinski definition) is 0. The van der Waals surface area contributed by atoms with Gasteiger partial charge in [0.15, 0.2) is 0 Å². The van der Waals surface area contributed by atoms with Crippen molar-refractivity contribution < 1.29 is 0 Å². The second-order valence-corrected chi connectivity index (χ2v) is 10.4. The molecule has 2 heterocycles. The zero-order valence-electron chi connectivity index (χ0n) is 20.8. The molecule has 0 saturated carbocycles. The summed E-state index contributed by atoms with van der Waals surface area (Å²) in [6, 6.07) is 21.6. The number of aromatic nitrogens is 2. The third-order valence-corrected chi connectivity index (χ3v) is 7.30. The number of likely N-dealkylation sites (tertiary alicyclic amines) is 1. The Hall–Kier alpha value is -2.98. The number of piperidine rings is 1. The lowest BCUT2D eigenvalue weighted by Gasteiger charge is -2.36. The van der Waals surface area contributed by atoms with Crippen LogP contribution < -0.4 is 5.56 Å². The summed E-state index contributed by atoms with van der Waals surface area (Å²) in [6.07, 6.45) is 2.37. The lowest BCUT2D eigenvalue weighted by Crippen LogP contribution is -2.42. The molecule has 0 radical (unpaired) electrons. The molecule has 1 fully saturated rings. The van der Waals surface area contributed by atoms with Crippen LogP contribution in [0.1, 0.15) is 52.3 Å². The molecule has 0 aliphatic carbocycles. The Kier molecular flexibility index (Phi) is 6.26. The largest absolute Gasteiger partial charge is 0.301 e. The summed E-state index contributed by atoms with van der Waals surface area (Å²) in [6.45, 7) is 11.8. The topological polar surface area (TPSA) is 38.1 Å². The summed E-state index contributed by atoms with van der Waals surface area (Å²) in [5.74, 6) is 1.58. The molecule has 0 spiro atoms. The van der Waals surface area contributed by atoms with E-state index in [1.54, 1.807) is 0 Å². The predicted molar refractivity (Wildman–Crippen MR) is 142 cm³/mol. The van der Waals surface area contributed by atoms with Crippen LogP contribution in [0.4, 0.5) is 0 Å². The van der Waals surface area contributed by atoms with Gasteiger partial charge in [0.2, 0.25) is 0 Å². The Labute approximate surface area is 202 Å². The monoisotopic (exact) mass is 453 g/mol. The molecule has 1 aliphatic rings. The van der Waals surface area contributed by atoms with Crippen LogP contribution in [0.15, 0.2) is 65.5 Å². The van der Waals surface area contributed by atoms with Crippen molar-refractivity contribution in [2.45, 2.75) is 59.0 Å². The van der Waals surface area contributed by atoms with Crippen LogP contribution >= 0.6 is 0 Å². The van der Waals surface area contributed by atoms with Gasteiger partial charge < -0.3 is 4.90 Å². The maximum atomic E-state index is 13.8. The van der Waals surface area contributed by atoms with Crippen molar-refractivity contribution in [1.82, 2.24) is 14.5 Å². The molecular formula is C30H35N3O.